The number of benzene rings is 2. The average molecular weight is 481 g/mol. The first-order valence-corrected chi connectivity index (χ1v) is 12.5. The zero-order valence-electron chi connectivity index (χ0n) is 20.6. The molecule has 0 aromatic heterocycles. The van der Waals surface area contributed by atoms with Gasteiger partial charge in [0.1, 0.15) is 6.61 Å². The SMILES string of the molecule is CC(CCCC(C)C(=O)NCCCCC(=O)O)NC(=O)OCC1c2ccccc2-c2ccccc21. The van der Waals surface area contributed by atoms with Crippen LogP contribution >= 0.6 is 0 Å². The van der Waals surface area contributed by atoms with Gasteiger partial charge in [-0.25, -0.2) is 4.79 Å². The molecule has 188 valence electrons. The van der Waals surface area contributed by atoms with Crippen LogP contribution in [0.3, 0.4) is 0 Å². The van der Waals surface area contributed by atoms with Gasteiger partial charge in [-0.05, 0) is 54.9 Å². The number of hydrogen-bond acceptors (Lipinski definition) is 4. The molecule has 0 radical (unpaired) electrons. The first-order valence-electron chi connectivity index (χ1n) is 12.5. The van der Waals surface area contributed by atoms with Gasteiger partial charge in [0.2, 0.25) is 5.91 Å². The van der Waals surface area contributed by atoms with Gasteiger partial charge >= 0.3 is 12.1 Å². The molecule has 2 atom stereocenters. The van der Waals surface area contributed by atoms with E-state index < -0.39 is 12.1 Å². The van der Waals surface area contributed by atoms with Gasteiger partial charge in [0.05, 0.1) is 0 Å². The number of fused-ring (bicyclic) bond motifs is 3. The molecule has 0 saturated heterocycles. The lowest BCUT2D eigenvalue weighted by atomic mass is 9.98. The van der Waals surface area contributed by atoms with Crippen molar-refractivity contribution in [1.29, 1.82) is 0 Å². The Morgan fingerprint density at radius 2 is 1.54 bits per heavy atom. The summed E-state index contributed by atoms with van der Waals surface area (Å²) >= 11 is 0. The van der Waals surface area contributed by atoms with E-state index >= 15 is 0 Å². The normalized spacial score (nSPS) is 13.9. The first kappa shape index (κ1) is 26.3. The summed E-state index contributed by atoms with van der Waals surface area (Å²) < 4.78 is 5.60. The van der Waals surface area contributed by atoms with Crippen LogP contribution in [0.15, 0.2) is 48.5 Å². The highest BCUT2D eigenvalue weighted by atomic mass is 16.5. The summed E-state index contributed by atoms with van der Waals surface area (Å²) in [4.78, 5) is 35.1. The van der Waals surface area contributed by atoms with Crippen molar-refractivity contribution in [3.8, 4) is 11.1 Å². The Morgan fingerprint density at radius 1 is 0.914 bits per heavy atom. The Labute approximate surface area is 207 Å². The molecule has 2 unspecified atom stereocenters. The minimum Gasteiger partial charge on any atom is -0.481 e. The zero-order chi connectivity index (χ0) is 25.2. The molecule has 0 aliphatic heterocycles. The Morgan fingerprint density at radius 3 is 2.17 bits per heavy atom. The van der Waals surface area contributed by atoms with E-state index in [2.05, 4.69) is 34.9 Å². The van der Waals surface area contributed by atoms with E-state index in [1.54, 1.807) is 0 Å². The maximum atomic E-state index is 12.4. The van der Waals surface area contributed by atoms with Crippen LogP contribution in [-0.2, 0) is 14.3 Å². The second-order valence-corrected chi connectivity index (χ2v) is 9.34. The van der Waals surface area contributed by atoms with Gasteiger partial charge in [0, 0.05) is 30.8 Å². The molecular weight excluding hydrogens is 444 g/mol. The molecule has 0 fully saturated rings. The van der Waals surface area contributed by atoms with Gasteiger partial charge in [-0.1, -0.05) is 61.9 Å². The van der Waals surface area contributed by atoms with Crippen molar-refractivity contribution in [3.05, 3.63) is 59.7 Å². The second kappa shape index (κ2) is 12.9. The van der Waals surface area contributed by atoms with E-state index in [-0.39, 0.29) is 36.8 Å². The molecule has 2 aromatic rings. The Balaban J connectivity index is 1.35. The Hall–Kier alpha value is -3.35. The van der Waals surface area contributed by atoms with Gasteiger partial charge in [-0.3, -0.25) is 9.59 Å². The summed E-state index contributed by atoms with van der Waals surface area (Å²) in [5.74, 6) is -0.925. The van der Waals surface area contributed by atoms with Crippen molar-refractivity contribution in [2.45, 2.75) is 64.3 Å². The Bertz CT molecular complexity index is 976. The number of carbonyl (C=O) groups excluding carboxylic acids is 2. The standard InChI is InChI=1S/C28H36N2O5/c1-19(27(33)29-17-8-7-16-26(31)32)10-9-11-20(2)30-28(34)35-18-25-23-14-5-3-12-21(23)22-13-4-6-15-24(22)25/h3-6,12-15,19-20,25H,7-11,16-18H2,1-2H3,(H,29,33)(H,30,34)(H,31,32). The number of amides is 2. The number of unbranched alkanes of at least 4 members (excludes halogenated alkanes) is 1. The minimum absolute atomic E-state index is 0.0162. The van der Waals surface area contributed by atoms with E-state index in [0.29, 0.717) is 19.4 Å². The first-order chi connectivity index (χ1) is 16.9. The van der Waals surface area contributed by atoms with Gasteiger partial charge in [0.15, 0.2) is 0 Å². The molecule has 0 heterocycles. The molecule has 3 N–H and O–H groups in total. The van der Waals surface area contributed by atoms with Gasteiger partial charge < -0.3 is 20.5 Å². The van der Waals surface area contributed by atoms with Crippen LogP contribution in [0.4, 0.5) is 4.79 Å². The molecule has 2 aromatic carbocycles. The van der Waals surface area contributed by atoms with Gasteiger partial charge in [0.25, 0.3) is 0 Å². The molecule has 3 rings (SSSR count). The number of aliphatic carboxylic acids is 1. The molecule has 0 saturated carbocycles. The fourth-order valence-electron chi connectivity index (χ4n) is 4.56. The van der Waals surface area contributed by atoms with Crippen molar-refractivity contribution < 1.29 is 24.2 Å². The third-order valence-corrected chi connectivity index (χ3v) is 6.55. The second-order valence-electron chi connectivity index (χ2n) is 9.34. The van der Waals surface area contributed by atoms with Crippen molar-refractivity contribution >= 4 is 18.0 Å². The monoisotopic (exact) mass is 480 g/mol. The smallest absolute Gasteiger partial charge is 0.407 e. The van der Waals surface area contributed by atoms with Crippen molar-refractivity contribution in [1.82, 2.24) is 10.6 Å². The fraction of sp³-hybridized carbons (Fsp3) is 0.464. The summed E-state index contributed by atoms with van der Waals surface area (Å²) in [5.41, 5.74) is 4.76. The lowest BCUT2D eigenvalue weighted by Gasteiger charge is -2.18. The number of carboxylic acids is 1. The number of alkyl carbamates (subject to hydrolysis) is 1. The summed E-state index contributed by atoms with van der Waals surface area (Å²) in [7, 11) is 0. The number of nitrogens with one attached hydrogen (secondary N) is 2. The van der Waals surface area contributed by atoms with Crippen molar-refractivity contribution in [2.24, 2.45) is 5.92 Å². The molecular formula is C28H36N2O5. The van der Waals surface area contributed by atoms with E-state index in [0.717, 1.165) is 19.3 Å². The maximum Gasteiger partial charge on any atom is 0.407 e. The highest BCUT2D eigenvalue weighted by Crippen LogP contribution is 2.44. The summed E-state index contributed by atoms with van der Waals surface area (Å²) in [5, 5.41) is 14.4. The molecule has 0 bridgehead atoms. The van der Waals surface area contributed by atoms with Crippen LogP contribution in [0.1, 0.15) is 69.4 Å². The predicted octanol–water partition coefficient (Wildman–Crippen LogP) is 5.09. The molecule has 7 heteroatoms. The van der Waals surface area contributed by atoms with Gasteiger partial charge in [-0.2, -0.15) is 0 Å². The van der Waals surface area contributed by atoms with Crippen LogP contribution in [0.25, 0.3) is 11.1 Å². The maximum absolute atomic E-state index is 12.4. The highest BCUT2D eigenvalue weighted by Gasteiger charge is 2.29. The quantitative estimate of drug-likeness (QED) is 0.346. The molecule has 2 amide bonds. The summed E-state index contributed by atoms with van der Waals surface area (Å²) in [6.45, 7) is 4.61. The fourth-order valence-corrected chi connectivity index (χ4v) is 4.56. The topological polar surface area (TPSA) is 105 Å². The average Bonchev–Trinajstić information content (AvgIpc) is 3.15. The summed E-state index contributed by atoms with van der Waals surface area (Å²) in [6.07, 6.45) is 3.19. The number of ether oxygens (including phenoxy) is 1. The minimum atomic E-state index is -0.814. The van der Waals surface area contributed by atoms with E-state index in [4.69, 9.17) is 9.84 Å². The lowest BCUT2D eigenvalue weighted by Crippen LogP contribution is -2.34. The molecule has 0 spiro atoms. The predicted molar refractivity (Wildman–Crippen MR) is 135 cm³/mol. The van der Waals surface area contributed by atoms with Crippen molar-refractivity contribution in [3.63, 3.8) is 0 Å². The number of hydrogen-bond donors (Lipinski definition) is 3. The summed E-state index contributed by atoms with van der Waals surface area (Å²) in [6, 6.07) is 16.4. The number of carbonyl (C=O) groups is 3. The van der Waals surface area contributed by atoms with E-state index in [1.165, 1.54) is 22.3 Å². The zero-order valence-corrected chi connectivity index (χ0v) is 20.6. The molecule has 1 aliphatic carbocycles. The molecule has 1 aliphatic rings. The Kier molecular flexibility index (Phi) is 9.70. The van der Waals surface area contributed by atoms with Crippen molar-refractivity contribution in [2.75, 3.05) is 13.2 Å². The third kappa shape index (κ3) is 7.57. The number of carboxylic acid groups (broad SMARTS) is 1. The molecule has 7 nitrogen and oxygen atoms in total. The number of rotatable bonds is 13. The molecule has 35 heavy (non-hydrogen) atoms. The van der Waals surface area contributed by atoms with Crippen LogP contribution in [0.2, 0.25) is 0 Å². The van der Waals surface area contributed by atoms with Crippen LogP contribution in [-0.4, -0.2) is 42.3 Å². The van der Waals surface area contributed by atoms with E-state index in [1.807, 2.05) is 38.1 Å². The van der Waals surface area contributed by atoms with Crippen LogP contribution in [0.5, 0.6) is 0 Å². The largest absolute Gasteiger partial charge is 0.481 e. The van der Waals surface area contributed by atoms with Gasteiger partial charge in [-0.15, -0.1) is 0 Å². The van der Waals surface area contributed by atoms with E-state index in [9.17, 15) is 14.4 Å². The third-order valence-electron chi connectivity index (χ3n) is 6.55. The van der Waals surface area contributed by atoms with Crippen LogP contribution < -0.4 is 10.6 Å². The lowest BCUT2D eigenvalue weighted by molar-refractivity contribution is -0.137. The highest BCUT2D eigenvalue weighted by molar-refractivity contribution is 5.79. The van der Waals surface area contributed by atoms with Crippen LogP contribution in [0, 0.1) is 5.92 Å².